The van der Waals surface area contributed by atoms with E-state index in [-0.39, 0.29) is 0 Å². The summed E-state index contributed by atoms with van der Waals surface area (Å²) in [6, 6.07) is 7.62. The maximum absolute atomic E-state index is 9.17. The lowest BCUT2D eigenvalue weighted by Gasteiger charge is -2.20. The maximum atomic E-state index is 9.17. The van der Waals surface area contributed by atoms with Crippen molar-refractivity contribution in [2.24, 2.45) is 7.05 Å². The third kappa shape index (κ3) is 2.68. The van der Waals surface area contributed by atoms with Gasteiger partial charge in [0.1, 0.15) is 17.6 Å². The summed E-state index contributed by atoms with van der Waals surface area (Å²) in [6.07, 6.45) is 3.67. The van der Waals surface area contributed by atoms with Gasteiger partial charge in [0.2, 0.25) is 0 Å². The average molecular weight is 256 g/mol. The fraction of sp³-hybridized carbons (Fsp3) is 0.286. The smallest absolute Gasteiger partial charge is 0.127 e. The maximum Gasteiger partial charge on any atom is 0.127 e. The second kappa shape index (κ2) is 5.44. The van der Waals surface area contributed by atoms with E-state index >= 15 is 0 Å². The number of methoxy groups -OCH3 is 1. The highest BCUT2D eigenvalue weighted by atomic mass is 16.5. The minimum atomic E-state index is 0.623. The quantitative estimate of drug-likeness (QED) is 0.838. The molecule has 1 heterocycles. The largest absolute Gasteiger partial charge is 0.497 e. The zero-order valence-electron chi connectivity index (χ0n) is 11.3. The topological polar surface area (TPSA) is 54.1 Å². The summed E-state index contributed by atoms with van der Waals surface area (Å²) >= 11 is 0. The lowest BCUT2D eigenvalue weighted by atomic mass is 10.1. The molecule has 0 spiro atoms. The fourth-order valence-corrected chi connectivity index (χ4v) is 1.89. The molecule has 98 valence electrons. The van der Waals surface area contributed by atoms with Crippen LogP contribution in [0.4, 0.5) is 5.69 Å². The van der Waals surface area contributed by atoms with E-state index < -0.39 is 0 Å². The van der Waals surface area contributed by atoms with E-state index in [9.17, 15) is 5.26 Å². The van der Waals surface area contributed by atoms with Gasteiger partial charge in [-0.15, -0.1) is 0 Å². The summed E-state index contributed by atoms with van der Waals surface area (Å²) < 4.78 is 7.17. The highest BCUT2D eigenvalue weighted by Gasteiger charge is 2.11. The third-order valence-electron chi connectivity index (χ3n) is 3.04. The van der Waals surface area contributed by atoms with E-state index in [4.69, 9.17) is 4.74 Å². The summed E-state index contributed by atoms with van der Waals surface area (Å²) in [7, 11) is 5.50. The molecule has 0 bridgehead atoms. The number of aryl methyl sites for hydroxylation is 1. The highest BCUT2D eigenvalue weighted by Crippen LogP contribution is 2.25. The first-order valence-corrected chi connectivity index (χ1v) is 5.91. The van der Waals surface area contributed by atoms with E-state index in [1.807, 2.05) is 35.8 Å². The first-order chi connectivity index (χ1) is 9.15. The lowest BCUT2D eigenvalue weighted by molar-refractivity contribution is 0.415. The van der Waals surface area contributed by atoms with E-state index in [1.54, 1.807) is 25.4 Å². The molecule has 0 saturated carbocycles. The van der Waals surface area contributed by atoms with Crippen LogP contribution >= 0.6 is 0 Å². The molecule has 5 nitrogen and oxygen atoms in total. The van der Waals surface area contributed by atoms with Gasteiger partial charge in [-0.05, 0) is 12.1 Å². The van der Waals surface area contributed by atoms with Crippen molar-refractivity contribution in [3.8, 4) is 11.8 Å². The Labute approximate surface area is 112 Å². The number of hydrogen-bond donors (Lipinski definition) is 0. The molecule has 1 aromatic heterocycles. The Morgan fingerprint density at radius 2 is 2.26 bits per heavy atom. The van der Waals surface area contributed by atoms with E-state index in [1.165, 1.54) is 0 Å². The summed E-state index contributed by atoms with van der Waals surface area (Å²) in [5, 5.41) is 9.17. The number of nitriles is 1. The van der Waals surface area contributed by atoms with Gasteiger partial charge >= 0.3 is 0 Å². The van der Waals surface area contributed by atoms with Crippen LogP contribution in [0, 0.1) is 11.3 Å². The lowest BCUT2D eigenvalue weighted by Crippen LogP contribution is -2.20. The van der Waals surface area contributed by atoms with Crippen molar-refractivity contribution in [1.29, 1.82) is 5.26 Å². The molecule has 1 aromatic carbocycles. The minimum Gasteiger partial charge on any atom is -0.497 e. The van der Waals surface area contributed by atoms with Crippen LogP contribution in [0.15, 0.2) is 30.6 Å². The van der Waals surface area contributed by atoms with Crippen LogP contribution in [0.25, 0.3) is 0 Å². The molecule has 2 aromatic rings. The summed E-state index contributed by atoms with van der Waals surface area (Å²) in [5.74, 6) is 1.68. The second-order valence-corrected chi connectivity index (χ2v) is 4.31. The van der Waals surface area contributed by atoms with Gasteiger partial charge in [-0.25, -0.2) is 4.98 Å². The molecule has 5 heteroatoms. The van der Waals surface area contributed by atoms with Gasteiger partial charge in [-0.1, -0.05) is 0 Å². The van der Waals surface area contributed by atoms with Gasteiger partial charge in [0, 0.05) is 32.6 Å². The second-order valence-electron chi connectivity index (χ2n) is 4.31. The Bertz CT molecular complexity index is 612. The number of benzene rings is 1. The molecule has 0 aliphatic carbocycles. The van der Waals surface area contributed by atoms with E-state index in [0.717, 1.165) is 17.3 Å². The van der Waals surface area contributed by atoms with Gasteiger partial charge in [0.25, 0.3) is 0 Å². The van der Waals surface area contributed by atoms with Crippen molar-refractivity contribution >= 4 is 5.69 Å². The number of anilines is 1. The Hall–Kier alpha value is -2.48. The zero-order valence-corrected chi connectivity index (χ0v) is 11.3. The van der Waals surface area contributed by atoms with Crippen LogP contribution in [-0.4, -0.2) is 23.7 Å². The molecule has 0 amide bonds. The predicted molar refractivity (Wildman–Crippen MR) is 73.0 cm³/mol. The summed E-state index contributed by atoms with van der Waals surface area (Å²) in [4.78, 5) is 6.28. The van der Waals surface area contributed by atoms with Crippen LogP contribution in [-0.2, 0) is 13.6 Å². The highest BCUT2D eigenvalue weighted by molar-refractivity contribution is 5.61. The summed E-state index contributed by atoms with van der Waals surface area (Å²) in [5.41, 5.74) is 1.46. The standard InChI is InChI=1S/C14H16N4O/c1-17-7-6-16-14(17)10-18(2)13-8-12(19-3)5-4-11(13)9-15/h4-8H,10H2,1-3H3. The Balaban J connectivity index is 2.30. The fourth-order valence-electron chi connectivity index (χ4n) is 1.89. The molecular weight excluding hydrogens is 240 g/mol. The molecule has 2 rings (SSSR count). The molecule has 0 N–H and O–H groups in total. The number of imidazole rings is 1. The number of hydrogen-bond acceptors (Lipinski definition) is 4. The Morgan fingerprint density at radius 1 is 1.47 bits per heavy atom. The monoisotopic (exact) mass is 256 g/mol. The molecule has 0 radical (unpaired) electrons. The number of nitrogens with zero attached hydrogens (tertiary/aromatic N) is 4. The van der Waals surface area contributed by atoms with Crippen LogP contribution in [0.2, 0.25) is 0 Å². The average Bonchev–Trinajstić information content (AvgIpc) is 2.83. The van der Waals surface area contributed by atoms with Crippen molar-refractivity contribution in [1.82, 2.24) is 9.55 Å². The van der Waals surface area contributed by atoms with Gasteiger partial charge in [-0.3, -0.25) is 0 Å². The summed E-state index contributed by atoms with van der Waals surface area (Å²) in [6.45, 7) is 0.630. The Morgan fingerprint density at radius 3 is 2.84 bits per heavy atom. The van der Waals surface area contributed by atoms with Crippen LogP contribution < -0.4 is 9.64 Å². The molecule has 0 aliphatic heterocycles. The molecule has 0 aliphatic rings. The van der Waals surface area contributed by atoms with E-state index in [2.05, 4.69) is 11.1 Å². The molecule has 19 heavy (non-hydrogen) atoms. The Kier molecular flexibility index (Phi) is 3.71. The van der Waals surface area contributed by atoms with Crippen molar-refractivity contribution in [3.05, 3.63) is 42.0 Å². The zero-order chi connectivity index (χ0) is 13.8. The van der Waals surface area contributed by atoms with Crippen LogP contribution in [0.1, 0.15) is 11.4 Å². The minimum absolute atomic E-state index is 0.623. The molecule has 0 fully saturated rings. The van der Waals surface area contributed by atoms with Crippen molar-refractivity contribution < 1.29 is 4.74 Å². The molecule has 0 saturated heterocycles. The third-order valence-corrected chi connectivity index (χ3v) is 3.04. The van der Waals surface area contributed by atoms with Crippen molar-refractivity contribution in [2.45, 2.75) is 6.54 Å². The van der Waals surface area contributed by atoms with Crippen LogP contribution in [0.5, 0.6) is 5.75 Å². The SMILES string of the molecule is COc1ccc(C#N)c(N(C)Cc2nccn2C)c1. The normalized spacial score (nSPS) is 10.0. The van der Waals surface area contributed by atoms with E-state index in [0.29, 0.717) is 12.1 Å². The number of rotatable bonds is 4. The van der Waals surface area contributed by atoms with Gasteiger partial charge in [0.15, 0.2) is 0 Å². The molecular formula is C14H16N4O. The predicted octanol–water partition coefficient (Wildman–Crippen LogP) is 1.94. The van der Waals surface area contributed by atoms with Crippen molar-refractivity contribution in [3.63, 3.8) is 0 Å². The number of aromatic nitrogens is 2. The van der Waals surface area contributed by atoms with Gasteiger partial charge < -0.3 is 14.2 Å². The first-order valence-electron chi connectivity index (χ1n) is 5.91. The van der Waals surface area contributed by atoms with Crippen molar-refractivity contribution in [2.75, 3.05) is 19.1 Å². The molecule has 0 unspecified atom stereocenters. The number of ether oxygens (including phenoxy) is 1. The van der Waals surface area contributed by atoms with Crippen LogP contribution in [0.3, 0.4) is 0 Å². The first kappa shape index (κ1) is 13.0. The van der Waals surface area contributed by atoms with Gasteiger partial charge in [-0.2, -0.15) is 5.26 Å². The molecule has 0 atom stereocenters. The van der Waals surface area contributed by atoms with Gasteiger partial charge in [0.05, 0.1) is 24.9 Å².